The summed E-state index contributed by atoms with van der Waals surface area (Å²) in [5.74, 6) is 0. The van der Waals surface area contributed by atoms with Gasteiger partial charge in [-0.3, -0.25) is 4.90 Å². The number of ether oxygens (including phenoxy) is 1. The molecule has 0 aromatic heterocycles. The molecular formula is C21H32N2O2. The standard InChI is InChI=1S/C21H32N2O2/c1-21(2,3)25-20(24)22-15-12-18(13-16-22)23-14-8-7-11-19(23)17-9-5-4-6-10-17/h4-6,9-10,18-19H,7-8,11-16H2,1-3H3. The van der Waals surface area contributed by atoms with Crippen molar-refractivity contribution >= 4 is 6.09 Å². The zero-order valence-corrected chi connectivity index (χ0v) is 15.9. The summed E-state index contributed by atoms with van der Waals surface area (Å²) in [6, 6.07) is 12.0. The van der Waals surface area contributed by atoms with Gasteiger partial charge in [0, 0.05) is 25.2 Å². The lowest BCUT2D eigenvalue weighted by Crippen LogP contribution is -2.50. The quantitative estimate of drug-likeness (QED) is 0.785. The van der Waals surface area contributed by atoms with Crippen molar-refractivity contribution in [2.75, 3.05) is 19.6 Å². The maximum atomic E-state index is 12.3. The summed E-state index contributed by atoms with van der Waals surface area (Å²) in [7, 11) is 0. The summed E-state index contributed by atoms with van der Waals surface area (Å²) < 4.78 is 5.52. The molecule has 4 nitrogen and oxygen atoms in total. The van der Waals surface area contributed by atoms with Crippen LogP contribution in [-0.2, 0) is 4.74 Å². The third-order valence-electron chi connectivity index (χ3n) is 5.31. The molecule has 0 spiro atoms. The molecule has 2 fully saturated rings. The number of rotatable bonds is 2. The molecule has 4 heteroatoms. The van der Waals surface area contributed by atoms with Crippen molar-refractivity contribution < 1.29 is 9.53 Å². The summed E-state index contributed by atoms with van der Waals surface area (Å²) in [5, 5.41) is 0. The van der Waals surface area contributed by atoms with Crippen molar-refractivity contribution in [2.45, 2.75) is 70.6 Å². The maximum Gasteiger partial charge on any atom is 0.410 e. The fourth-order valence-electron chi connectivity index (χ4n) is 4.13. The average molecular weight is 344 g/mol. The molecule has 1 atom stereocenters. The van der Waals surface area contributed by atoms with Crippen LogP contribution in [0.4, 0.5) is 4.79 Å². The molecular weight excluding hydrogens is 312 g/mol. The first-order valence-corrected chi connectivity index (χ1v) is 9.73. The van der Waals surface area contributed by atoms with Crippen LogP contribution in [-0.4, -0.2) is 47.2 Å². The monoisotopic (exact) mass is 344 g/mol. The van der Waals surface area contributed by atoms with E-state index < -0.39 is 5.60 Å². The van der Waals surface area contributed by atoms with Gasteiger partial charge in [0.25, 0.3) is 0 Å². The summed E-state index contributed by atoms with van der Waals surface area (Å²) in [5.41, 5.74) is 1.02. The average Bonchev–Trinajstić information content (AvgIpc) is 2.61. The van der Waals surface area contributed by atoms with E-state index in [-0.39, 0.29) is 6.09 Å². The van der Waals surface area contributed by atoms with E-state index in [1.807, 2.05) is 25.7 Å². The molecule has 0 bridgehead atoms. The SMILES string of the molecule is CC(C)(C)OC(=O)N1CCC(N2CCCCC2c2ccccc2)CC1. The Morgan fingerprint density at radius 1 is 1.00 bits per heavy atom. The highest BCUT2D eigenvalue weighted by Gasteiger charge is 2.34. The lowest BCUT2D eigenvalue weighted by Gasteiger charge is -2.45. The summed E-state index contributed by atoms with van der Waals surface area (Å²) in [4.78, 5) is 16.9. The van der Waals surface area contributed by atoms with Crippen LogP contribution < -0.4 is 0 Å². The van der Waals surface area contributed by atoms with Gasteiger partial charge in [-0.15, -0.1) is 0 Å². The lowest BCUT2D eigenvalue weighted by atomic mass is 9.91. The van der Waals surface area contributed by atoms with Crippen molar-refractivity contribution in [3.63, 3.8) is 0 Å². The number of hydrogen-bond donors (Lipinski definition) is 0. The number of likely N-dealkylation sites (tertiary alicyclic amines) is 2. The molecule has 2 saturated heterocycles. The molecule has 2 aliphatic rings. The summed E-state index contributed by atoms with van der Waals surface area (Å²) >= 11 is 0. The Labute approximate surface area is 152 Å². The van der Waals surface area contributed by atoms with E-state index in [0.29, 0.717) is 12.1 Å². The van der Waals surface area contributed by atoms with Crippen molar-refractivity contribution in [1.82, 2.24) is 9.80 Å². The fourth-order valence-corrected chi connectivity index (χ4v) is 4.13. The van der Waals surface area contributed by atoms with Crippen molar-refractivity contribution in [3.8, 4) is 0 Å². The Kier molecular flexibility index (Phi) is 5.67. The van der Waals surface area contributed by atoms with Gasteiger partial charge in [0.05, 0.1) is 0 Å². The van der Waals surface area contributed by atoms with Crippen molar-refractivity contribution in [3.05, 3.63) is 35.9 Å². The molecule has 138 valence electrons. The molecule has 25 heavy (non-hydrogen) atoms. The first-order valence-electron chi connectivity index (χ1n) is 9.73. The van der Waals surface area contributed by atoms with Gasteiger partial charge in [0.2, 0.25) is 0 Å². The second-order valence-electron chi connectivity index (χ2n) is 8.36. The van der Waals surface area contributed by atoms with E-state index in [9.17, 15) is 4.79 Å². The first-order chi connectivity index (χ1) is 11.9. The van der Waals surface area contributed by atoms with Gasteiger partial charge in [0.1, 0.15) is 5.60 Å². The highest BCUT2D eigenvalue weighted by Crippen LogP contribution is 2.35. The van der Waals surface area contributed by atoms with Gasteiger partial charge < -0.3 is 9.64 Å². The van der Waals surface area contributed by atoms with E-state index >= 15 is 0 Å². The van der Waals surface area contributed by atoms with Crippen molar-refractivity contribution in [1.29, 1.82) is 0 Å². The number of piperidine rings is 2. The zero-order chi connectivity index (χ0) is 17.9. The van der Waals surface area contributed by atoms with Crippen LogP contribution >= 0.6 is 0 Å². The van der Waals surface area contributed by atoms with Gasteiger partial charge in [-0.1, -0.05) is 36.8 Å². The highest BCUT2D eigenvalue weighted by atomic mass is 16.6. The predicted octanol–water partition coefficient (Wildman–Crippen LogP) is 4.61. The highest BCUT2D eigenvalue weighted by molar-refractivity contribution is 5.68. The first kappa shape index (κ1) is 18.2. The zero-order valence-electron chi connectivity index (χ0n) is 15.9. The molecule has 0 radical (unpaired) electrons. The Morgan fingerprint density at radius 3 is 2.32 bits per heavy atom. The molecule has 1 aromatic carbocycles. The third kappa shape index (κ3) is 4.75. The van der Waals surface area contributed by atoms with E-state index in [1.54, 1.807) is 0 Å². The van der Waals surface area contributed by atoms with Gasteiger partial charge in [-0.2, -0.15) is 0 Å². The van der Waals surface area contributed by atoms with Crippen LogP contribution in [0.15, 0.2) is 30.3 Å². The normalized spacial score (nSPS) is 23.5. The molecule has 2 heterocycles. The maximum absolute atomic E-state index is 12.3. The number of hydrogen-bond acceptors (Lipinski definition) is 3. The summed E-state index contributed by atoms with van der Waals surface area (Å²) in [6.07, 6.45) is 5.77. The number of carbonyl (C=O) groups is 1. The molecule has 2 aliphatic heterocycles. The minimum Gasteiger partial charge on any atom is -0.444 e. The van der Waals surface area contributed by atoms with E-state index in [4.69, 9.17) is 4.74 Å². The van der Waals surface area contributed by atoms with E-state index in [0.717, 1.165) is 25.9 Å². The van der Waals surface area contributed by atoms with Crippen molar-refractivity contribution in [2.24, 2.45) is 0 Å². The molecule has 0 N–H and O–H groups in total. The second kappa shape index (κ2) is 7.77. The molecule has 0 saturated carbocycles. The molecule has 3 rings (SSSR count). The van der Waals surface area contributed by atoms with Crippen LogP contribution in [0.25, 0.3) is 0 Å². The number of nitrogens with zero attached hydrogens (tertiary/aromatic N) is 2. The minimum absolute atomic E-state index is 0.163. The predicted molar refractivity (Wildman–Crippen MR) is 101 cm³/mol. The Bertz CT molecular complexity index is 559. The minimum atomic E-state index is -0.417. The van der Waals surface area contributed by atoms with Crippen LogP contribution in [0.5, 0.6) is 0 Å². The van der Waals surface area contributed by atoms with Gasteiger partial charge in [-0.05, 0) is 58.6 Å². The molecule has 1 aromatic rings. The van der Waals surface area contributed by atoms with Crippen LogP contribution in [0, 0.1) is 0 Å². The number of carbonyl (C=O) groups excluding carboxylic acids is 1. The van der Waals surface area contributed by atoms with Gasteiger partial charge in [-0.25, -0.2) is 4.79 Å². The molecule has 1 unspecified atom stereocenters. The fraction of sp³-hybridized carbons (Fsp3) is 0.667. The smallest absolute Gasteiger partial charge is 0.410 e. The van der Waals surface area contributed by atoms with Gasteiger partial charge >= 0.3 is 6.09 Å². The van der Waals surface area contributed by atoms with E-state index in [1.165, 1.54) is 31.4 Å². The third-order valence-corrected chi connectivity index (χ3v) is 5.31. The summed E-state index contributed by atoms with van der Waals surface area (Å²) in [6.45, 7) is 8.56. The number of benzene rings is 1. The Balaban J connectivity index is 1.60. The Morgan fingerprint density at radius 2 is 1.68 bits per heavy atom. The van der Waals surface area contributed by atoms with Crippen LogP contribution in [0.1, 0.15) is 64.5 Å². The topological polar surface area (TPSA) is 32.8 Å². The van der Waals surface area contributed by atoms with Crippen LogP contribution in [0.3, 0.4) is 0 Å². The Hall–Kier alpha value is -1.55. The van der Waals surface area contributed by atoms with E-state index in [2.05, 4.69) is 35.2 Å². The lowest BCUT2D eigenvalue weighted by molar-refractivity contribution is 0.00688. The molecule has 0 aliphatic carbocycles. The number of amides is 1. The second-order valence-corrected chi connectivity index (χ2v) is 8.36. The largest absolute Gasteiger partial charge is 0.444 e. The molecule has 1 amide bonds. The van der Waals surface area contributed by atoms with Gasteiger partial charge in [0.15, 0.2) is 0 Å². The van der Waals surface area contributed by atoms with Crippen LogP contribution in [0.2, 0.25) is 0 Å².